The van der Waals surface area contributed by atoms with Gasteiger partial charge < -0.3 is 10.6 Å². The molecule has 176 valence electrons. The molecule has 0 radical (unpaired) electrons. The standard InChI is InChI=1S/C23H13Cl4F3N2O2/c24-13-6-5-11(9-12(13)21(33)32-20-16(29)2-1-3-17(20)30)31-22(34)19-18(23(19,26)27)10-4-7-15(28)14(25)8-10/h1-9,18-19H,(H,31,34)(H,32,33). The van der Waals surface area contributed by atoms with Crippen LogP contribution in [0, 0.1) is 23.4 Å². The molecule has 1 aliphatic rings. The number of hydrogen-bond acceptors (Lipinski definition) is 2. The third kappa shape index (κ3) is 4.70. The Hall–Kier alpha value is -2.45. The number of halogens is 7. The van der Waals surface area contributed by atoms with Gasteiger partial charge in [-0.3, -0.25) is 9.59 Å². The molecule has 0 aromatic heterocycles. The smallest absolute Gasteiger partial charge is 0.257 e. The minimum Gasteiger partial charge on any atom is -0.326 e. The fourth-order valence-corrected chi connectivity index (χ4v) is 4.79. The van der Waals surface area contributed by atoms with Crippen LogP contribution in [0.25, 0.3) is 0 Å². The van der Waals surface area contributed by atoms with E-state index in [4.69, 9.17) is 46.4 Å². The second kappa shape index (κ2) is 9.30. The van der Waals surface area contributed by atoms with Crippen LogP contribution in [-0.2, 0) is 4.79 Å². The number of anilines is 2. The monoisotopic (exact) mass is 546 g/mol. The zero-order chi connectivity index (χ0) is 24.8. The van der Waals surface area contributed by atoms with E-state index < -0.39 is 51.1 Å². The van der Waals surface area contributed by atoms with Crippen LogP contribution < -0.4 is 10.6 Å². The molecule has 3 aromatic carbocycles. The van der Waals surface area contributed by atoms with Gasteiger partial charge in [-0.15, -0.1) is 23.2 Å². The predicted octanol–water partition coefficient (Wildman–Crippen LogP) is 7.19. The van der Waals surface area contributed by atoms with Gasteiger partial charge in [0.05, 0.1) is 21.5 Å². The number of rotatable bonds is 5. The lowest BCUT2D eigenvalue weighted by Gasteiger charge is -2.11. The molecule has 1 fully saturated rings. The van der Waals surface area contributed by atoms with Crippen molar-refractivity contribution < 1.29 is 22.8 Å². The molecule has 0 saturated heterocycles. The maximum absolute atomic E-state index is 13.9. The van der Waals surface area contributed by atoms with Crippen LogP contribution in [0.5, 0.6) is 0 Å². The fraction of sp³-hybridized carbons (Fsp3) is 0.130. The van der Waals surface area contributed by atoms with Crippen molar-refractivity contribution in [2.24, 2.45) is 5.92 Å². The van der Waals surface area contributed by atoms with E-state index in [-0.39, 0.29) is 21.3 Å². The third-order valence-electron chi connectivity index (χ3n) is 5.32. The van der Waals surface area contributed by atoms with Crippen LogP contribution in [-0.4, -0.2) is 16.1 Å². The first kappa shape index (κ1) is 24.7. The number of carbonyl (C=O) groups is 2. The van der Waals surface area contributed by atoms with Gasteiger partial charge >= 0.3 is 0 Å². The number of para-hydroxylation sites is 1. The molecule has 4 nitrogen and oxygen atoms in total. The van der Waals surface area contributed by atoms with E-state index in [2.05, 4.69) is 10.6 Å². The number of benzene rings is 3. The third-order valence-corrected chi connectivity index (χ3v) is 6.88. The molecular weight excluding hydrogens is 535 g/mol. The van der Waals surface area contributed by atoms with Gasteiger partial charge in [-0.25, -0.2) is 13.2 Å². The summed E-state index contributed by atoms with van der Waals surface area (Å²) in [7, 11) is 0. The van der Waals surface area contributed by atoms with Crippen LogP contribution in [0.4, 0.5) is 24.5 Å². The lowest BCUT2D eigenvalue weighted by atomic mass is 10.1. The highest BCUT2D eigenvalue weighted by molar-refractivity contribution is 6.53. The zero-order valence-corrected chi connectivity index (χ0v) is 19.8. The molecule has 4 rings (SSSR count). The Labute approximate surface area is 211 Å². The average Bonchev–Trinajstić information content (AvgIpc) is 3.36. The van der Waals surface area contributed by atoms with Crippen molar-refractivity contribution in [3.05, 3.63) is 93.2 Å². The number of carbonyl (C=O) groups excluding carboxylic acids is 2. The maximum atomic E-state index is 13.9. The average molecular weight is 548 g/mol. The van der Waals surface area contributed by atoms with Crippen LogP contribution in [0.15, 0.2) is 54.6 Å². The highest BCUT2D eigenvalue weighted by atomic mass is 35.5. The van der Waals surface area contributed by atoms with Crippen molar-refractivity contribution >= 4 is 69.6 Å². The molecule has 0 aliphatic heterocycles. The van der Waals surface area contributed by atoms with Crippen molar-refractivity contribution in [1.29, 1.82) is 0 Å². The number of alkyl halides is 2. The molecular formula is C23H13Cl4F3N2O2. The van der Waals surface area contributed by atoms with Crippen LogP contribution in [0.1, 0.15) is 21.8 Å². The Morgan fingerprint density at radius 1 is 0.824 bits per heavy atom. The normalized spacial score (nSPS) is 18.3. The van der Waals surface area contributed by atoms with E-state index in [1.165, 1.54) is 30.3 Å². The van der Waals surface area contributed by atoms with Crippen LogP contribution in [0.2, 0.25) is 10.0 Å². The summed E-state index contributed by atoms with van der Waals surface area (Å²) in [6.45, 7) is 0. The molecule has 1 aliphatic carbocycles. The highest BCUT2D eigenvalue weighted by Crippen LogP contribution is 2.65. The molecule has 2 N–H and O–H groups in total. The van der Waals surface area contributed by atoms with Gasteiger partial charge in [0.25, 0.3) is 5.91 Å². The largest absolute Gasteiger partial charge is 0.326 e. The maximum Gasteiger partial charge on any atom is 0.257 e. The van der Waals surface area contributed by atoms with Gasteiger partial charge in [0, 0.05) is 11.6 Å². The Kier molecular flexibility index (Phi) is 6.75. The van der Waals surface area contributed by atoms with Gasteiger partial charge in [0.15, 0.2) is 0 Å². The van der Waals surface area contributed by atoms with Crippen LogP contribution in [0.3, 0.4) is 0 Å². The first-order valence-electron chi connectivity index (χ1n) is 9.69. The Morgan fingerprint density at radius 2 is 1.50 bits per heavy atom. The minimum atomic E-state index is -1.46. The SMILES string of the molecule is O=C(Nc1c(F)cccc1F)c1cc(NC(=O)C2C(c3ccc(F)c(Cl)c3)C2(Cl)Cl)ccc1Cl. The zero-order valence-electron chi connectivity index (χ0n) is 16.8. The molecule has 2 amide bonds. The lowest BCUT2D eigenvalue weighted by molar-refractivity contribution is -0.117. The molecule has 2 unspecified atom stereocenters. The first-order chi connectivity index (χ1) is 16.0. The van der Waals surface area contributed by atoms with Gasteiger partial charge in [0.2, 0.25) is 5.91 Å². The van der Waals surface area contributed by atoms with Crippen LogP contribution >= 0.6 is 46.4 Å². The molecule has 1 saturated carbocycles. The summed E-state index contributed by atoms with van der Waals surface area (Å²) in [5.74, 6) is -5.54. The number of hydrogen-bond donors (Lipinski definition) is 2. The van der Waals surface area contributed by atoms with Crippen molar-refractivity contribution in [1.82, 2.24) is 0 Å². The summed E-state index contributed by atoms with van der Waals surface area (Å²) in [6.07, 6.45) is 0. The molecule has 34 heavy (non-hydrogen) atoms. The second-order valence-corrected chi connectivity index (χ2v) is 9.80. The summed E-state index contributed by atoms with van der Waals surface area (Å²) in [4.78, 5) is 25.4. The van der Waals surface area contributed by atoms with Crippen molar-refractivity contribution in [3.8, 4) is 0 Å². The van der Waals surface area contributed by atoms with Gasteiger partial charge in [-0.1, -0.05) is 35.3 Å². The second-order valence-electron chi connectivity index (χ2n) is 7.54. The minimum absolute atomic E-state index is 0.0125. The van der Waals surface area contributed by atoms with Gasteiger partial charge in [-0.05, 0) is 48.0 Å². The molecule has 0 bridgehead atoms. The summed E-state index contributed by atoms with van der Waals surface area (Å²) in [5.41, 5.74) is -0.117. The number of nitrogens with one attached hydrogen (secondary N) is 2. The lowest BCUT2D eigenvalue weighted by Crippen LogP contribution is -2.18. The van der Waals surface area contributed by atoms with E-state index in [0.29, 0.717) is 5.56 Å². The molecule has 2 atom stereocenters. The quantitative estimate of drug-likeness (QED) is 0.332. The first-order valence-corrected chi connectivity index (χ1v) is 11.2. The fourth-order valence-electron chi connectivity index (χ4n) is 3.57. The summed E-state index contributed by atoms with van der Waals surface area (Å²) in [6, 6.07) is 11.1. The molecule has 0 heterocycles. The van der Waals surface area contributed by atoms with Gasteiger partial charge in [0.1, 0.15) is 27.5 Å². The molecule has 3 aromatic rings. The topological polar surface area (TPSA) is 58.2 Å². The molecule has 0 spiro atoms. The summed E-state index contributed by atoms with van der Waals surface area (Å²) >= 11 is 24.5. The molecule has 11 heteroatoms. The Bertz CT molecular complexity index is 1300. The van der Waals surface area contributed by atoms with E-state index >= 15 is 0 Å². The Balaban J connectivity index is 1.52. The van der Waals surface area contributed by atoms with Gasteiger partial charge in [-0.2, -0.15) is 0 Å². The summed E-state index contributed by atoms with van der Waals surface area (Å²) in [5, 5.41) is 4.58. The van der Waals surface area contributed by atoms with E-state index in [9.17, 15) is 22.8 Å². The van der Waals surface area contributed by atoms with Crippen molar-refractivity contribution in [3.63, 3.8) is 0 Å². The highest BCUT2D eigenvalue weighted by Gasteiger charge is 2.67. The van der Waals surface area contributed by atoms with E-state index in [1.54, 1.807) is 0 Å². The van der Waals surface area contributed by atoms with E-state index in [0.717, 1.165) is 24.3 Å². The summed E-state index contributed by atoms with van der Waals surface area (Å²) < 4.78 is 39.8. The predicted molar refractivity (Wildman–Crippen MR) is 126 cm³/mol. The van der Waals surface area contributed by atoms with Crippen molar-refractivity contribution in [2.75, 3.05) is 10.6 Å². The Morgan fingerprint density at radius 3 is 2.15 bits per heavy atom. The number of amides is 2. The van der Waals surface area contributed by atoms with Crippen molar-refractivity contribution in [2.45, 2.75) is 10.3 Å². The van der Waals surface area contributed by atoms with E-state index in [1.807, 2.05) is 0 Å².